The minimum Gasteiger partial charge on any atom is -0.506 e. The van der Waals surface area contributed by atoms with Gasteiger partial charge < -0.3 is 5.11 Å². The number of phenolic OH excluding ortho intramolecular Hbond substituents is 1. The minimum absolute atomic E-state index is 0.0248. The van der Waals surface area contributed by atoms with Crippen molar-refractivity contribution >= 4 is 40.3 Å². The van der Waals surface area contributed by atoms with Gasteiger partial charge in [0.25, 0.3) is 0 Å². The topological polar surface area (TPSA) is 67.8 Å². The van der Waals surface area contributed by atoms with Gasteiger partial charge in [-0.3, -0.25) is 0 Å². The van der Waals surface area contributed by atoms with Crippen molar-refractivity contribution in [3.63, 3.8) is 0 Å². The van der Waals surface area contributed by atoms with E-state index in [1.807, 2.05) is 43.4 Å². The fourth-order valence-corrected chi connectivity index (χ4v) is 2.36. The highest BCUT2D eigenvalue weighted by Crippen LogP contribution is 2.40. The van der Waals surface area contributed by atoms with Crippen molar-refractivity contribution in [2.45, 2.75) is 26.2 Å². The van der Waals surface area contributed by atoms with Gasteiger partial charge in [-0.15, -0.1) is 0 Å². The first kappa shape index (κ1) is 15.8. The van der Waals surface area contributed by atoms with E-state index in [2.05, 4.69) is 0 Å². The predicted molar refractivity (Wildman–Crippen MR) is 83.7 cm³/mol. The smallest absolute Gasteiger partial charge is 0.134 e. The van der Waals surface area contributed by atoms with Gasteiger partial charge in [-0.2, -0.15) is 10.5 Å². The third-order valence-corrected chi connectivity index (χ3v) is 4.33. The van der Waals surface area contributed by atoms with Crippen LogP contribution in [0.25, 0.3) is 6.08 Å². The summed E-state index contributed by atoms with van der Waals surface area (Å²) in [6.07, 6.45) is 1.43. The fourth-order valence-electron chi connectivity index (χ4n) is 1.56. The van der Waals surface area contributed by atoms with Crippen LogP contribution in [-0.4, -0.2) is 5.11 Å². The van der Waals surface area contributed by atoms with E-state index in [1.54, 1.807) is 18.2 Å². The maximum atomic E-state index is 10.1. The van der Waals surface area contributed by atoms with Gasteiger partial charge in [0.2, 0.25) is 0 Å². The molecule has 5 heteroatoms. The number of hydrogen-bond donors (Lipinski definition) is 1. The molecule has 0 saturated carbocycles. The number of halogens is 2. The summed E-state index contributed by atoms with van der Waals surface area (Å²) in [5.74, 6) is 0.144. The maximum absolute atomic E-state index is 10.1. The first-order valence-electron chi connectivity index (χ1n) is 5.45. The average molecular weight is 387 g/mol. The number of allylic oxidation sites excluding steroid dienone is 1. The Kier molecular flexibility index (Phi) is 4.84. The lowest BCUT2D eigenvalue weighted by Crippen LogP contribution is -2.12. The molecule has 0 aliphatic carbocycles. The summed E-state index contributed by atoms with van der Waals surface area (Å²) < 4.78 is 0.521. The molecule has 1 N–H and O–H groups in total. The van der Waals surface area contributed by atoms with Crippen LogP contribution in [0.2, 0.25) is 5.02 Å². The van der Waals surface area contributed by atoms with Gasteiger partial charge in [0.1, 0.15) is 23.5 Å². The molecule has 0 bridgehead atoms. The summed E-state index contributed by atoms with van der Waals surface area (Å²) in [6.45, 7) is 5.90. The largest absolute Gasteiger partial charge is 0.506 e. The molecule has 98 valence electrons. The molecule has 0 aliphatic heterocycles. The number of nitriles is 2. The van der Waals surface area contributed by atoms with Crippen LogP contribution in [0.1, 0.15) is 31.9 Å². The molecule has 0 atom stereocenters. The van der Waals surface area contributed by atoms with E-state index in [-0.39, 0.29) is 16.7 Å². The molecule has 3 nitrogen and oxygen atoms in total. The van der Waals surface area contributed by atoms with Crippen LogP contribution < -0.4 is 0 Å². The third kappa shape index (κ3) is 3.40. The van der Waals surface area contributed by atoms with Gasteiger partial charge in [0, 0.05) is 5.56 Å². The Labute approximate surface area is 131 Å². The third-order valence-electron chi connectivity index (χ3n) is 2.56. The van der Waals surface area contributed by atoms with Gasteiger partial charge in [-0.05, 0) is 45.7 Å². The first-order chi connectivity index (χ1) is 8.72. The molecule has 0 aromatic heterocycles. The SMILES string of the molecule is CC(C)(C)c1cc(C=C(C#N)C#N)c(Cl)c(I)c1O. The monoisotopic (exact) mass is 386 g/mol. The Morgan fingerprint density at radius 1 is 1.37 bits per heavy atom. The van der Waals surface area contributed by atoms with Crippen molar-refractivity contribution in [1.29, 1.82) is 10.5 Å². The molecule has 0 fully saturated rings. The summed E-state index contributed by atoms with van der Waals surface area (Å²) in [6, 6.07) is 5.31. The van der Waals surface area contributed by atoms with Gasteiger partial charge in [-0.1, -0.05) is 32.4 Å². The highest BCUT2D eigenvalue weighted by Gasteiger charge is 2.23. The minimum atomic E-state index is -0.267. The highest BCUT2D eigenvalue weighted by molar-refractivity contribution is 14.1. The number of rotatable bonds is 1. The predicted octanol–water partition coefficient (Wildman–Crippen LogP) is 4.38. The molecule has 0 amide bonds. The summed E-state index contributed by atoms with van der Waals surface area (Å²) in [5, 5.41) is 28.1. The second-order valence-electron chi connectivity index (χ2n) is 5.02. The summed E-state index contributed by atoms with van der Waals surface area (Å²) in [7, 11) is 0. The Morgan fingerprint density at radius 2 is 1.89 bits per heavy atom. The summed E-state index contributed by atoms with van der Waals surface area (Å²) in [5.41, 5.74) is 0.995. The number of hydrogen-bond acceptors (Lipinski definition) is 3. The molecule has 0 spiro atoms. The maximum Gasteiger partial charge on any atom is 0.134 e. The lowest BCUT2D eigenvalue weighted by atomic mass is 9.85. The fraction of sp³-hybridized carbons (Fsp3) is 0.286. The van der Waals surface area contributed by atoms with E-state index < -0.39 is 0 Å². The molecule has 0 saturated heterocycles. The molecule has 1 aromatic carbocycles. The van der Waals surface area contributed by atoms with Gasteiger partial charge in [0.15, 0.2) is 0 Å². The van der Waals surface area contributed by atoms with Crippen LogP contribution >= 0.6 is 34.2 Å². The number of nitrogens with zero attached hydrogens (tertiary/aromatic N) is 2. The van der Waals surface area contributed by atoms with Gasteiger partial charge in [-0.25, -0.2) is 0 Å². The van der Waals surface area contributed by atoms with Gasteiger partial charge in [0.05, 0.1) is 8.59 Å². The molecule has 1 aromatic rings. The Morgan fingerprint density at radius 3 is 2.32 bits per heavy atom. The second-order valence-corrected chi connectivity index (χ2v) is 6.48. The second kappa shape index (κ2) is 5.81. The molecule has 1 rings (SSSR count). The van der Waals surface area contributed by atoms with E-state index in [4.69, 9.17) is 22.1 Å². The first-order valence-corrected chi connectivity index (χ1v) is 6.91. The van der Waals surface area contributed by atoms with Crippen molar-refractivity contribution in [1.82, 2.24) is 0 Å². The van der Waals surface area contributed by atoms with Crippen molar-refractivity contribution < 1.29 is 5.11 Å². The summed E-state index contributed by atoms with van der Waals surface area (Å²) in [4.78, 5) is 0. The Balaban J connectivity index is 3.62. The van der Waals surface area contributed by atoms with E-state index in [0.29, 0.717) is 14.2 Å². The van der Waals surface area contributed by atoms with Crippen molar-refractivity contribution in [3.05, 3.63) is 31.4 Å². The Bertz CT molecular complexity index is 615. The van der Waals surface area contributed by atoms with Crippen LogP contribution in [0, 0.1) is 26.2 Å². The number of aromatic hydroxyl groups is 1. The number of benzene rings is 1. The van der Waals surface area contributed by atoms with Crippen LogP contribution in [-0.2, 0) is 5.41 Å². The quantitative estimate of drug-likeness (QED) is 0.575. The molecule has 0 heterocycles. The number of phenols is 1. The lowest BCUT2D eigenvalue weighted by Gasteiger charge is -2.22. The summed E-state index contributed by atoms with van der Waals surface area (Å²) >= 11 is 8.10. The zero-order valence-corrected chi connectivity index (χ0v) is 13.7. The van der Waals surface area contributed by atoms with Crippen molar-refractivity contribution in [3.8, 4) is 17.9 Å². The zero-order chi connectivity index (χ0) is 14.8. The van der Waals surface area contributed by atoms with E-state index in [1.165, 1.54) is 6.08 Å². The molecule has 19 heavy (non-hydrogen) atoms. The zero-order valence-electron chi connectivity index (χ0n) is 10.8. The van der Waals surface area contributed by atoms with Crippen LogP contribution in [0.15, 0.2) is 11.6 Å². The van der Waals surface area contributed by atoms with Crippen LogP contribution in [0.5, 0.6) is 5.75 Å². The van der Waals surface area contributed by atoms with E-state index in [9.17, 15) is 5.11 Å². The van der Waals surface area contributed by atoms with Crippen LogP contribution in [0.3, 0.4) is 0 Å². The molecule has 0 aliphatic rings. The molecule has 0 unspecified atom stereocenters. The lowest BCUT2D eigenvalue weighted by molar-refractivity contribution is 0.443. The van der Waals surface area contributed by atoms with Crippen molar-refractivity contribution in [2.75, 3.05) is 0 Å². The molecular weight excluding hydrogens is 375 g/mol. The standard InChI is InChI=1S/C14H12ClIN2O/c1-14(2,3)10-5-9(4-8(6-17)7-18)11(15)12(16)13(10)19/h4-5,19H,1-3H3. The van der Waals surface area contributed by atoms with E-state index >= 15 is 0 Å². The molecular formula is C14H12ClIN2O. The van der Waals surface area contributed by atoms with Gasteiger partial charge >= 0.3 is 0 Å². The van der Waals surface area contributed by atoms with Crippen molar-refractivity contribution in [2.24, 2.45) is 0 Å². The van der Waals surface area contributed by atoms with E-state index in [0.717, 1.165) is 5.56 Å². The highest BCUT2D eigenvalue weighted by atomic mass is 127. The normalized spacial score (nSPS) is 10.5. The average Bonchev–Trinajstić information content (AvgIpc) is 2.34. The molecule has 0 radical (unpaired) electrons. The van der Waals surface area contributed by atoms with Crippen LogP contribution in [0.4, 0.5) is 0 Å². The Hall–Kier alpha value is -1.24.